The van der Waals surface area contributed by atoms with Crippen LogP contribution in [0.15, 0.2) is 48.2 Å². The maximum absolute atomic E-state index is 12.8. The molecule has 0 saturated heterocycles. The summed E-state index contributed by atoms with van der Waals surface area (Å²) in [5.74, 6) is 0.911. The lowest BCUT2D eigenvalue weighted by Crippen LogP contribution is -2.32. The zero-order chi connectivity index (χ0) is 14.7. The molecule has 0 saturated carbocycles. The van der Waals surface area contributed by atoms with E-state index in [4.69, 9.17) is 4.74 Å². The lowest BCUT2D eigenvalue weighted by Gasteiger charge is -2.17. The predicted octanol–water partition coefficient (Wildman–Crippen LogP) is 2.42. The Morgan fingerprint density at radius 3 is 2.62 bits per heavy atom. The molecule has 0 amide bonds. The van der Waals surface area contributed by atoms with Gasteiger partial charge in [0.25, 0.3) is 0 Å². The van der Waals surface area contributed by atoms with Gasteiger partial charge in [0, 0.05) is 11.8 Å². The molecule has 0 aliphatic carbocycles. The molecule has 108 valence electrons. The highest BCUT2D eigenvalue weighted by Gasteiger charge is 2.12. The van der Waals surface area contributed by atoms with Gasteiger partial charge in [-0.2, -0.15) is 0 Å². The number of nitrogens with zero attached hydrogens (tertiary/aromatic N) is 3. The fourth-order valence-corrected chi connectivity index (χ4v) is 1.96. The van der Waals surface area contributed by atoms with Gasteiger partial charge in [0.15, 0.2) is 5.82 Å². The molecule has 1 aromatic carbocycles. The fraction of sp³-hybridized carbons (Fsp3) is 0.200. The van der Waals surface area contributed by atoms with E-state index in [9.17, 15) is 4.39 Å². The predicted molar refractivity (Wildman–Crippen MR) is 77.0 cm³/mol. The van der Waals surface area contributed by atoms with Crippen LogP contribution in [0.5, 0.6) is 5.88 Å². The second kappa shape index (κ2) is 5.78. The molecule has 3 rings (SSSR count). The highest BCUT2D eigenvalue weighted by Crippen LogP contribution is 2.16. The number of aromatic nitrogens is 2. The summed E-state index contributed by atoms with van der Waals surface area (Å²) in [4.78, 5) is 0. The van der Waals surface area contributed by atoms with E-state index in [1.54, 1.807) is 18.2 Å². The molecule has 21 heavy (non-hydrogen) atoms. The number of benzene rings is 1. The minimum atomic E-state index is -0.259. The number of nitrogens with one attached hydrogen (secondary N) is 1. The van der Waals surface area contributed by atoms with Crippen LogP contribution in [0.25, 0.3) is 0 Å². The van der Waals surface area contributed by atoms with Crippen LogP contribution >= 0.6 is 0 Å². The van der Waals surface area contributed by atoms with Crippen LogP contribution in [0.2, 0.25) is 0 Å². The molecule has 0 unspecified atom stereocenters. The average molecular weight is 286 g/mol. The molecule has 0 atom stereocenters. The molecule has 1 aliphatic heterocycles. The van der Waals surface area contributed by atoms with Gasteiger partial charge < -0.3 is 10.2 Å². The average Bonchev–Trinajstić information content (AvgIpc) is 2.94. The first kappa shape index (κ1) is 13.4. The first-order valence-corrected chi connectivity index (χ1v) is 6.62. The van der Waals surface area contributed by atoms with Crippen molar-refractivity contribution in [1.29, 1.82) is 0 Å². The fourth-order valence-electron chi connectivity index (χ4n) is 1.96. The van der Waals surface area contributed by atoms with Crippen molar-refractivity contribution in [2.24, 2.45) is 0 Å². The third-order valence-corrected chi connectivity index (χ3v) is 3.09. The van der Waals surface area contributed by atoms with Crippen LogP contribution in [-0.4, -0.2) is 16.7 Å². The second-order valence-electron chi connectivity index (χ2n) is 4.75. The van der Waals surface area contributed by atoms with Gasteiger partial charge in [-0.3, -0.25) is 5.01 Å². The van der Waals surface area contributed by atoms with Gasteiger partial charge in [0.1, 0.15) is 12.4 Å². The Morgan fingerprint density at radius 2 is 2.00 bits per heavy atom. The summed E-state index contributed by atoms with van der Waals surface area (Å²) >= 11 is 0. The lowest BCUT2D eigenvalue weighted by molar-refractivity contribution is 0.290. The van der Waals surface area contributed by atoms with E-state index in [1.807, 2.05) is 18.0 Å². The first-order valence-electron chi connectivity index (χ1n) is 6.62. The topological polar surface area (TPSA) is 50.3 Å². The van der Waals surface area contributed by atoms with Gasteiger partial charge in [0.05, 0.1) is 6.54 Å². The Labute approximate surface area is 122 Å². The number of hydrazine groups is 1. The van der Waals surface area contributed by atoms with Gasteiger partial charge in [-0.25, -0.2) is 4.39 Å². The highest BCUT2D eigenvalue weighted by atomic mass is 19.1. The molecule has 5 nitrogen and oxygen atoms in total. The van der Waals surface area contributed by atoms with Crippen molar-refractivity contribution in [2.45, 2.75) is 13.5 Å². The molecule has 2 heterocycles. The zero-order valence-corrected chi connectivity index (χ0v) is 11.6. The van der Waals surface area contributed by atoms with E-state index in [1.165, 1.54) is 12.1 Å². The van der Waals surface area contributed by atoms with Crippen molar-refractivity contribution >= 4 is 5.82 Å². The summed E-state index contributed by atoms with van der Waals surface area (Å²) in [5, 5.41) is 10.0. The number of halogens is 1. The summed E-state index contributed by atoms with van der Waals surface area (Å²) in [7, 11) is 0. The second-order valence-corrected chi connectivity index (χ2v) is 4.75. The van der Waals surface area contributed by atoms with E-state index < -0.39 is 0 Å². The summed E-state index contributed by atoms with van der Waals surface area (Å²) < 4.78 is 18.3. The Morgan fingerprint density at radius 1 is 1.19 bits per heavy atom. The van der Waals surface area contributed by atoms with Gasteiger partial charge in [-0.15, -0.1) is 10.2 Å². The summed E-state index contributed by atoms with van der Waals surface area (Å²) in [6.45, 7) is 3.08. The molecule has 1 aromatic heterocycles. The molecule has 0 spiro atoms. The quantitative estimate of drug-likeness (QED) is 0.935. The largest absolute Gasteiger partial charge is 0.472 e. The van der Waals surface area contributed by atoms with E-state index >= 15 is 0 Å². The molecule has 2 aromatic rings. The maximum atomic E-state index is 12.8. The van der Waals surface area contributed by atoms with Gasteiger partial charge in [-0.05, 0) is 36.8 Å². The van der Waals surface area contributed by atoms with Crippen molar-refractivity contribution in [3.63, 3.8) is 0 Å². The number of rotatable bonds is 4. The molecule has 6 heteroatoms. The highest BCUT2D eigenvalue weighted by molar-refractivity contribution is 5.40. The van der Waals surface area contributed by atoms with E-state index in [-0.39, 0.29) is 5.82 Å². The monoisotopic (exact) mass is 286 g/mol. The van der Waals surface area contributed by atoms with Gasteiger partial charge >= 0.3 is 0 Å². The Balaban J connectivity index is 1.58. The van der Waals surface area contributed by atoms with Crippen molar-refractivity contribution in [3.05, 3.63) is 59.6 Å². The third-order valence-electron chi connectivity index (χ3n) is 3.09. The van der Waals surface area contributed by atoms with E-state index in [2.05, 4.69) is 21.7 Å². The molecule has 0 bridgehead atoms. The van der Waals surface area contributed by atoms with Gasteiger partial charge in [0.2, 0.25) is 5.88 Å². The van der Waals surface area contributed by atoms with Crippen molar-refractivity contribution in [2.75, 3.05) is 11.6 Å². The van der Waals surface area contributed by atoms with Crippen LogP contribution in [0.3, 0.4) is 0 Å². The molecule has 1 aliphatic rings. The minimum absolute atomic E-state index is 0.259. The van der Waals surface area contributed by atoms with Crippen LogP contribution in [0.4, 0.5) is 10.2 Å². The standard InChI is InChI=1S/C15H15FN4O/c1-11-8-9-20(19-11)14-6-7-15(18-17-14)21-10-12-2-4-13(16)5-3-12/h2-8,19H,9-10H2,1H3. The summed E-state index contributed by atoms with van der Waals surface area (Å²) in [6.07, 6.45) is 2.07. The first-order chi connectivity index (χ1) is 10.2. The van der Waals surface area contributed by atoms with Crippen molar-refractivity contribution in [1.82, 2.24) is 15.6 Å². The lowest BCUT2D eigenvalue weighted by atomic mass is 10.2. The van der Waals surface area contributed by atoms with Crippen molar-refractivity contribution < 1.29 is 9.13 Å². The molecular weight excluding hydrogens is 271 g/mol. The summed E-state index contributed by atoms with van der Waals surface area (Å²) in [6, 6.07) is 9.77. The Kier molecular flexibility index (Phi) is 3.68. The van der Waals surface area contributed by atoms with Gasteiger partial charge in [-0.1, -0.05) is 12.1 Å². The van der Waals surface area contributed by atoms with Crippen molar-refractivity contribution in [3.8, 4) is 5.88 Å². The van der Waals surface area contributed by atoms with Crippen LogP contribution in [0.1, 0.15) is 12.5 Å². The van der Waals surface area contributed by atoms with Crippen LogP contribution in [-0.2, 0) is 6.61 Å². The third kappa shape index (κ3) is 3.28. The number of hydrogen-bond acceptors (Lipinski definition) is 5. The normalized spacial score (nSPS) is 13.8. The number of anilines is 1. The van der Waals surface area contributed by atoms with Crippen LogP contribution < -0.4 is 15.2 Å². The number of ether oxygens (including phenoxy) is 1. The maximum Gasteiger partial charge on any atom is 0.233 e. The molecule has 0 radical (unpaired) electrons. The Bertz CT molecular complexity index is 640. The minimum Gasteiger partial charge on any atom is -0.472 e. The molecule has 1 N–H and O–H groups in total. The number of allylic oxidation sites excluding steroid dienone is 1. The van der Waals surface area contributed by atoms with E-state index in [0.717, 1.165) is 23.6 Å². The summed E-state index contributed by atoms with van der Waals surface area (Å²) in [5.41, 5.74) is 5.14. The van der Waals surface area contributed by atoms with E-state index in [0.29, 0.717) is 12.5 Å². The zero-order valence-electron chi connectivity index (χ0n) is 11.6. The molecular formula is C15H15FN4O. The number of hydrogen-bond donors (Lipinski definition) is 1. The Hall–Kier alpha value is -2.63. The SMILES string of the molecule is CC1=CCN(c2ccc(OCc3ccc(F)cc3)nn2)N1. The van der Waals surface area contributed by atoms with Crippen LogP contribution in [0, 0.1) is 5.82 Å². The smallest absolute Gasteiger partial charge is 0.233 e. The molecule has 0 fully saturated rings.